The van der Waals surface area contributed by atoms with Crippen molar-refractivity contribution in [1.82, 2.24) is 0 Å². The Morgan fingerprint density at radius 1 is 1.43 bits per heavy atom. The summed E-state index contributed by atoms with van der Waals surface area (Å²) in [5.74, 6) is 0.106. The Hall–Kier alpha value is -0.860. The first-order valence-electron chi connectivity index (χ1n) is 5.03. The molecule has 14 heavy (non-hydrogen) atoms. The first-order valence-corrected chi connectivity index (χ1v) is 5.03. The normalized spacial score (nSPS) is 12.8. The highest BCUT2D eigenvalue weighted by atomic mass is 16.5. The van der Waals surface area contributed by atoms with E-state index in [1.165, 1.54) is 5.56 Å². The third-order valence-corrected chi connectivity index (χ3v) is 2.26. The van der Waals surface area contributed by atoms with Gasteiger partial charge < -0.3 is 9.84 Å². The maximum atomic E-state index is 9.22. The molecule has 0 fully saturated rings. The average molecular weight is 194 g/mol. The number of aryl methyl sites for hydroxylation is 1. The Morgan fingerprint density at radius 3 is 2.79 bits per heavy atom. The fourth-order valence-electron chi connectivity index (χ4n) is 1.44. The third kappa shape index (κ3) is 3.13. The number of aliphatic hydroxyl groups excluding tert-OH is 1. The van der Waals surface area contributed by atoms with E-state index in [4.69, 9.17) is 4.74 Å². The Kier molecular flexibility index (Phi) is 4.63. The van der Waals surface area contributed by atoms with Gasteiger partial charge in [-0.15, -0.1) is 0 Å². The number of rotatable bonds is 5. The van der Waals surface area contributed by atoms with Gasteiger partial charge in [-0.3, -0.25) is 0 Å². The van der Waals surface area contributed by atoms with Gasteiger partial charge >= 0.3 is 0 Å². The summed E-state index contributed by atoms with van der Waals surface area (Å²) in [6.45, 7) is 5.45. The van der Waals surface area contributed by atoms with Gasteiger partial charge in [-0.2, -0.15) is 0 Å². The smallest absolute Gasteiger partial charge is 0.0556 e. The second kappa shape index (κ2) is 5.78. The summed E-state index contributed by atoms with van der Waals surface area (Å²) in [5.41, 5.74) is 2.37. The van der Waals surface area contributed by atoms with Crippen molar-refractivity contribution in [2.75, 3.05) is 19.8 Å². The molecule has 0 heterocycles. The van der Waals surface area contributed by atoms with Crippen LogP contribution in [0.15, 0.2) is 24.3 Å². The molecule has 1 unspecified atom stereocenters. The minimum atomic E-state index is 0.106. The Labute approximate surface area is 85.5 Å². The summed E-state index contributed by atoms with van der Waals surface area (Å²) >= 11 is 0. The molecule has 0 saturated carbocycles. The second-order valence-corrected chi connectivity index (χ2v) is 3.45. The molecule has 0 bridgehead atoms. The molecule has 0 spiro atoms. The zero-order chi connectivity index (χ0) is 10.4. The lowest BCUT2D eigenvalue weighted by molar-refractivity contribution is 0.109. The molecule has 2 heteroatoms. The van der Waals surface area contributed by atoms with Gasteiger partial charge in [-0.1, -0.05) is 29.8 Å². The minimum absolute atomic E-state index is 0.106. The SMILES string of the molecule is CCOCC(CO)c1cccc(C)c1. The molecule has 2 nitrogen and oxygen atoms in total. The van der Waals surface area contributed by atoms with Crippen molar-refractivity contribution in [3.63, 3.8) is 0 Å². The molecule has 1 aromatic carbocycles. The van der Waals surface area contributed by atoms with Crippen LogP contribution in [0, 0.1) is 6.92 Å². The van der Waals surface area contributed by atoms with E-state index in [2.05, 4.69) is 19.1 Å². The lowest BCUT2D eigenvalue weighted by atomic mass is 9.99. The van der Waals surface area contributed by atoms with Crippen LogP contribution in [0.2, 0.25) is 0 Å². The third-order valence-electron chi connectivity index (χ3n) is 2.26. The molecule has 1 N–H and O–H groups in total. The minimum Gasteiger partial charge on any atom is -0.396 e. The molecule has 1 atom stereocenters. The van der Waals surface area contributed by atoms with Gasteiger partial charge in [0.1, 0.15) is 0 Å². The van der Waals surface area contributed by atoms with E-state index in [0.29, 0.717) is 13.2 Å². The van der Waals surface area contributed by atoms with Crippen molar-refractivity contribution in [3.8, 4) is 0 Å². The van der Waals surface area contributed by atoms with Gasteiger partial charge in [0.25, 0.3) is 0 Å². The highest BCUT2D eigenvalue weighted by Gasteiger charge is 2.09. The first-order chi connectivity index (χ1) is 6.77. The summed E-state index contributed by atoms with van der Waals surface area (Å²) in [7, 11) is 0. The van der Waals surface area contributed by atoms with Crippen molar-refractivity contribution < 1.29 is 9.84 Å². The number of hydrogen-bond acceptors (Lipinski definition) is 2. The van der Waals surface area contributed by atoms with E-state index in [1.54, 1.807) is 0 Å². The molecular formula is C12H18O2. The average Bonchev–Trinajstić information content (AvgIpc) is 2.19. The van der Waals surface area contributed by atoms with E-state index >= 15 is 0 Å². The van der Waals surface area contributed by atoms with Crippen LogP contribution >= 0.6 is 0 Å². The fourth-order valence-corrected chi connectivity index (χ4v) is 1.44. The monoisotopic (exact) mass is 194 g/mol. The van der Waals surface area contributed by atoms with E-state index in [9.17, 15) is 5.11 Å². The van der Waals surface area contributed by atoms with Gasteiger partial charge in [0.2, 0.25) is 0 Å². The highest BCUT2D eigenvalue weighted by Crippen LogP contribution is 2.16. The summed E-state index contributed by atoms with van der Waals surface area (Å²) in [4.78, 5) is 0. The predicted octanol–water partition coefficient (Wildman–Crippen LogP) is 2.11. The molecule has 1 aromatic rings. The molecular weight excluding hydrogens is 176 g/mol. The van der Waals surface area contributed by atoms with E-state index in [0.717, 1.165) is 5.56 Å². The molecule has 0 saturated heterocycles. The summed E-state index contributed by atoms with van der Waals surface area (Å²) in [6.07, 6.45) is 0. The van der Waals surface area contributed by atoms with Gasteiger partial charge in [0.15, 0.2) is 0 Å². The zero-order valence-electron chi connectivity index (χ0n) is 8.86. The number of benzene rings is 1. The molecule has 0 aromatic heterocycles. The van der Waals surface area contributed by atoms with Crippen LogP contribution in [0.3, 0.4) is 0 Å². The molecule has 78 valence electrons. The van der Waals surface area contributed by atoms with Crippen LogP contribution in [0.25, 0.3) is 0 Å². The first kappa shape index (κ1) is 11.2. The Bertz CT molecular complexity index is 271. The quantitative estimate of drug-likeness (QED) is 0.778. The maximum absolute atomic E-state index is 9.22. The van der Waals surface area contributed by atoms with Crippen LogP contribution in [0.5, 0.6) is 0 Å². The molecule has 0 radical (unpaired) electrons. The fraction of sp³-hybridized carbons (Fsp3) is 0.500. The van der Waals surface area contributed by atoms with Crippen molar-refractivity contribution in [1.29, 1.82) is 0 Å². The highest BCUT2D eigenvalue weighted by molar-refractivity contribution is 5.25. The summed E-state index contributed by atoms with van der Waals surface area (Å²) in [6, 6.07) is 8.20. The lowest BCUT2D eigenvalue weighted by Gasteiger charge is -2.14. The lowest BCUT2D eigenvalue weighted by Crippen LogP contribution is -2.12. The number of ether oxygens (including phenoxy) is 1. The van der Waals surface area contributed by atoms with Crippen molar-refractivity contribution in [3.05, 3.63) is 35.4 Å². The van der Waals surface area contributed by atoms with E-state index in [1.807, 2.05) is 19.1 Å². The number of hydrogen-bond donors (Lipinski definition) is 1. The van der Waals surface area contributed by atoms with Gasteiger partial charge in [0, 0.05) is 12.5 Å². The van der Waals surface area contributed by atoms with Gasteiger partial charge in [0.05, 0.1) is 13.2 Å². The Morgan fingerprint density at radius 2 is 2.21 bits per heavy atom. The largest absolute Gasteiger partial charge is 0.396 e. The molecule has 0 amide bonds. The van der Waals surface area contributed by atoms with Crippen LogP contribution < -0.4 is 0 Å². The second-order valence-electron chi connectivity index (χ2n) is 3.45. The van der Waals surface area contributed by atoms with E-state index < -0.39 is 0 Å². The molecule has 0 aliphatic rings. The van der Waals surface area contributed by atoms with E-state index in [-0.39, 0.29) is 12.5 Å². The van der Waals surface area contributed by atoms with Gasteiger partial charge in [-0.05, 0) is 19.4 Å². The van der Waals surface area contributed by atoms with Crippen LogP contribution in [-0.2, 0) is 4.74 Å². The Balaban J connectivity index is 2.68. The van der Waals surface area contributed by atoms with Crippen molar-refractivity contribution in [2.45, 2.75) is 19.8 Å². The zero-order valence-corrected chi connectivity index (χ0v) is 8.86. The number of aliphatic hydroxyl groups is 1. The molecule has 0 aliphatic heterocycles. The van der Waals surface area contributed by atoms with Crippen LogP contribution in [0.1, 0.15) is 24.0 Å². The van der Waals surface area contributed by atoms with Crippen LogP contribution in [-0.4, -0.2) is 24.9 Å². The standard InChI is InChI=1S/C12H18O2/c1-3-14-9-12(8-13)11-6-4-5-10(2)7-11/h4-7,12-13H,3,8-9H2,1-2H3. The van der Waals surface area contributed by atoms with Crippen LogP contribution in [0.4, 0.5) is 0 Å². The summed E-state index contributed by atoms with van der Waals surface area (Å²) in [5, 5.41) is 9.22. The van der Waals surface area contributed by atoms with Crippen molar-refractivity contribution >= 4 is 0 Å². The predicted molar refractivity (Wildman–Crippen MR) is 57.5 cm³/mol. The topological polar surface area (TPSA) is 29.5 Å². The van der Waals surface area contributed by atoms with Crippen molar-refractivity contribution in [2.24, 2.45) is 0 Å². The molecule has 0 aliphatic carbocycles. The maximum Gasteiger partial charge on any atom is 0.0556 e. The summed E-state index contributed by atoms with van der Waals surface area (Å²) < 4.78 is 5.32. The van der Waals surface area contributed by atoms with Gasteiger partial charge in [-0.25, -0.2) is 0 Å². The molecule has 1 rings (SSSR count).